The first-order valence-corrected chi connectivity index (χ1v) is 9.27. The minimum Gasteiger partial charge on any atom is -0.457 e. The highest BCUT2D eigenvalue weighted by atomic mass is 28.3. The summed E-state index contributed by atoms with van der Waals surface area (Å²) >= 11 is 0. The Morgan fingerprint density at radius 2 is 1.60 bits per heavy atom. The Bertz CT molecular complexity index is 271. The summed E-state index contributed by atoms with van der Waals surface area (Å²) in [6, 6.07) is 0. The molecule has 0 aliphatic rings. The average molecular weight is 302 g/mol. The fourth-order valence-electron chi connectivity index (χ4n) is 1.52. The van der Waals surface area contributed by atoms with Crippen molar-refractivity contribution in [1.29, 1.82) is 0 Å². The summed E-state index contributed by atoms with van der Waals surface area (Å²) in [4.78, 5) is 11.7. The average Bonchev–Trinajstić information content (AvgIpc) is 2.43. The number of carbonyl (C=O) groups is 1. The molecule has 0 bridgehead atoms. The fourth-order valence-corrected chi connectivity index (χ4v) is 3.46. The standard InChI is InChI=1S/C15H30O4Si/c1-6-9-11-17-20(18-12-10-7-2)14(8-3)19-15(16)13(4)5/h14,20H,4,6-12H2,1-3,5H3. The quantitative estimate of drug-likeness (QED) is 0.240. The normalized spacial score (nSPS) is 12.4. The number of rotatable bonds is 12. The van der Waals surface area contributed by atoms with Gasteiger partial charge in [-0.25, -0.2) is 4.79 Å². The van der Waals surface area contributed by atoms with Crippen molar-refractivity contribution in [3.8, 4) is 0 Å². The minimum absolute atomic E-state index is 0.243. The molecule has 118 valence electrons. The van der Waals surface area contributed by atoms with Gasteiger partial charge >= 0.3 is 15.3 Å². The van der Waals surface area contributed by atoms with E-state index in [0.29, 0.717) is 25.2 Å². The van der Waals surface area contributed by atoms with Crippen molar-refractivity contribution in [3.05, 3.63) is 12.2 Å². The first-order chi connectivity index (χ1) is 9.56. The molecule has 0 saturated carbocycles. The van der Waals surface area contributed by atoms with Gasteiger partial charge in [0.1, 0.15) is 5.73 Å². The molecule has 1 atom stereocenters. The summed E-state index contributed by atoms with van der Waals surface area (Å²) in [6.45, 7) is 12.9. The van der Waals surface area contributed by atoms with Crippen LogP contribution in [0.15, 0.2) is 12.2 Å². The lowest BCUT2D eigenvalue weighted by Crippen LogP contribution is -2.41. The highest BCUT2D eigenvalue weighted by Crippen LogP contribution is 2.10. The molecule has 0 aliphatic heterocycles. The van der Waals surface area contributed by atoms with Gasteiger partial charge in [-0.2, -0.15) is 0 Å². The molecule has 0 aromatic carbocycles. The highest BCUT2D eigenvalue weighted by molar-refractivity contribution is 6.46. The molecular weight excluding hydrogens is 272 g/mol. The van der Waals surface area contributed by atoms with Crippen LogP contribution < -0.4 is 0 Å². The smallest absolute Gasteiger partial charge is 0.363 e. The van der Waals surface area contributed by atoms with E-state index in [9.17, 15) is 4.79 Å². The molecule has 0 heterocycles. The molecule has 0 spiro atoms. The van der Waals surface area contributed by atoms with Crippen molar-refractivity contribution in [2.75, 3.05) is 13.2 Å². The number of unbranched alkanes of at least 4 members (excludes halogenated alkanes) is 2. The summed E-state index contributed by atoms with van der Waals surface area (Å²) in [5.74, 6) is -0.354. The van der Waals surface area contributed by atoms with Crippen molar-refractivity contribution in [3.63, 3.8) is 0 Å². The maximum Gasteiger partial charge on any atom is 0.363 e. The van der Waals surface area contributed by atoms with E-state index in [1.54, 1.807) is 6.92 Å². The van der Waals surface area contributed by atoms with E-state index in [-0.39, 0.29) is 11.7 Å². The second-order valence-electron chi connectivity index (χ2n) is 4.95. The monoisotopic (exact) mass is 302 g/mol. The maximum atomic E-state index is 11.7. The van der Waals surface area contributed by atoms with Gasteiger partial charge in [-0.05, 0) is 26.2 Å². The second kappa shape index (κ2) is 12.1. The molecule has 0 fully saturated rings. The molecule has 0 aromatic rings. The van der Waals surface area contributed by atoms with Crippen LogP contribution >= 0.6 is 0 Å². The number of hydrogen-bond donors (Lipinski definition) is 0. The van der Waals surface area contributed by atoms with Crippen molar-refractivity contribution in [1.82, 2.24) is 0 Å². The van der Waals surface area contributed by atoms with E-state index in [1.165, 1.54) is 0 Å². The largest absolute Gasteiger partial charge is 0.457 e. The van der Waals surface area contributed by atoms with Gasteiger partial charge in [0.05, 0.1) is 0 Å². The lowest BCUT2D eigenvalue weighted by atomic mass is 10.4. The van der Waals surface area contributed by atoms with Gasteiger partial charge < -0.3 is 13.6 Å². The van der Waals surface area contributed by atoms with Crippen LogP contribution in [0, 0.1) is 0 Å². The van der Waals surface area contributed by atoms with E-state index in [2.05, 4.69) is 20.4 Å². The predicted molar refractivity (Wildman–Crippen MR) is 83.9 cm³/mol. The Morgan fingerprint density at radius 3 is 1.95 bits per heavy atom. The predicted octanol–water partition coefficient (Wildman–Crippen LogP) is 3.28. The molecule has 20 heavy (non-hydrogen) atoms. The summed E-state index contributed by atoms with van der Waals surface area (Å²) in [5, 5.41) is 0. The molecule has 0 saturated heterocycles. The molecular formula is C15H30O4Si. The van der Waals surface area contributed by atoms with Gasteiger partial charge in [-0.1, -0.05) is 40.2 Å². The molecule has 0 rings (SSSR count). The van der Waals surface area contributed by atoms with Crippen LogP contribution in [0.2, 0.25) is 0 Å². The molecule has 0 aliphatic carbocycles. The van der Waals surface area contributed by atoms with Gasteiger partial charge in [-0.3, -0.25) is 0 Å². The van der Waals surface area contributed by atoms with Gasteiger partial charge in [0, 0.05) is 18.8 Å². The Hall–Kier alpha value is -0.653. The van der Waals surface area contributed by atoms with Crippen molar-refractivity contribution in [2.24, 2.45) is 0 Å². The molecule has 0 radical (unpaired) electrons. The van der Waals surface area contributed by atoms with Gasteiger partial charge in [0.15, 0.2) is 0 Å². The summed E-state index contributed by atoms with van der Waals surface area (Å²) in [6.07, 6.45) is 4.89. The number of esters is 1. The molecule has 4 nitrogen and oxygen atoms in total. The first-order valence-electron chi connectivity index (χ1n) is 7.66. The number of carbonyl (C=O) groups excluding carboxylic acids is 1. The Morgan fingerprint density at radius 1 is 1.10 bits per heavy atom. The van der Waals surface area contributed by atoms with Crippen LogP contribution in [0.4, 0.5) is 0 Å². The lowest BCUT2D eigenvalue weighted by Gasteiger charge is -2.24. The fraction of sp³-hybridized carbons (Fsp3) is 0.800. The lowest BCUT2D eigenvalue weighted by molar-refractivity contribution is -0.142. The number of ether oxygens (including phenoxy) is 1. The zero-order valence-corrected chi connectivity index (χ0v) is 14.6. The zero-order valence-electron chi connectivity index (χ0n) is 13.4. The van der Waals surface area contributed by atoms with Crippen LogP contribution in [-0.4, -0.2) is 34.2 Å². The molecule has 0 aromatic heterocycles. The summed E-state index contributed by atoms with van der Waals surface area (Å²) in [5.41, 5.74) is 0.172. The van der Waals surface area contributed by atoms with Crippen LogP contribution in [0.5, 0.6) is 0 Å². The summed E-state index contributed by atoms with van der Waals surface area (Å²) in [7, 11) is -1.99. The third kappa shape index (κ3) is 8.50. The SMILES string of the molecule is C=C(C)C(=O)OC(CC)[SiH](OCCCC)OCCCC. The Balaban J connectivity index is 4.48. The highest BCUT2D eigenvalue weighted by Gasteiger charge is 2.28. The van der Waals surface area contributed by atoms with E-state index < -0.39 is 9.28 Å². The van der Waals surface area contributed by atoms with E-state index in [1.807, 2.05) is 6.92 Å². The van der Waals surface area contributed by atoms with Crippen LogP contribution in [-0.2, 0) is 18.4 Å². The minimum atomic E-state index is -1.99. The molecule has 1 unspecified atom stereocenters. The van der Waals surface area contributed by atoms with Crippen LogP contribution in [0.3, 0.4) is 0 Å². The van der Waals surface area contributed by atoms with Crippen molar-refractivity contribution in [2.45, 2.75) is 65.5 Å². The van der Waals surface area contributed by atoms with E-state index in [0.717, 1.165) is 25.7 Å². The molecule has 0 N–H and O–H groups in total. The zero-order chi connectivity index (χ0) is 15.4. The number of hydrogen-bond acceptors (Lipinski definition) is 4. The van der Waals surface area contributed by atoms with E-state index >= 15 is 0 Å². The summed E-state index contributed by atoms with van der Waals surface area (Å²) < 4.78 is 17.2. The van der Waals surface area contributed by atoms with Crippen LogP contribution in [0.25, 0.3) is 0 Å². The maximum absolute atomic E-state index is 11.7. The second-order valence-corrected chi connectivity index (χ2v) is 7.10. The van der Waals surface area contributed by atoms with Crippen molar-refractivity contribution >= 4 is 15.3 Å². The van der Waals surface area contributed by atoms with Crippen LogP contribution in [0.1, 0.15) is 59.8 Å². The molecule has 5 heteroatoms. The third-order valence-electron chi connectivity index (χ3n) is 2.87. The van der Waals surface area contributed by atoms with Crippen molar-refractivity contribution < 1.29 is 18.4 Å². The van der Waals surface area contributed by atoms with Gasteiger partial charge in [-0.15, -0.1) is 0 Å². The first kappa shape index (κ1) is 19.3. The third-order valence-corrected chi connectivity index (χ3v) is 5.22. The Labute approximate surface area is 125 Å². The van der Waals surface area contributed by atoms with E-state index in [4.69, 9.17) is 13.6 Å². The topological polar surface area (TPSA) is 44.8 Å². The Kier molecular flexibility index (Phi) is 11.7. The molecule has 0 amide bonds. The van der Waals surface area contributed by atoms with Gasteiger partial charge in [0.2, 0.25) is 0 Å². The van der Waals surface area contributed by atoms with Gasteiger partial charge in [0.25, 0.3) is 0 Å².